The van der Waals surface area contributed by atoms with Crippen LogP contribution in [-0.4, -0.2) is 17.8 Å². The molecule has 1 atom stereocenters. The van der Waals surface area contributed by atoms with Crippen molar-refractivity contribution < 1.29 is 0 Å². The lowest BCUT2D eigenvalue weighted by molar-refractivity contribution is 0.406. The van der Waals surface area contributed by atoms with Crippen molar-refractivity contribution in [2.45, 2.75) is 50.0 Å². The van der Waals surface area contributed by atoms with Gasteiger partial charge in [-0.05, 0) is 63.1 Å². The number of hydrogen-bond acceptors (Lipinski definition) is 3. The van der Waals surface area contributed by atoms with Gasteiger partial charge in [0.2, 0.25) is 0 Å². The Bertz CT molecular complexity index is 488. The number of unbranched alkanes of at least 4 members (excludes halogenated alkanes) is 1. The molecular weight excluding hydrogens is 323 g/mol. The van der Waals surface area contributed by atoms with E-state index >= 15 is 0 Å². The second-order valence-corrected chi connectivity index (χ2v) is 7.23. The van der Waals surface area contributed by atoms with Crippen molar-refractivity contribution in [2.75, 3.05) is 12.3 Å². The van der Waals surface area contributed by atoms with Crippen LogP contribution in [0.3, 0.4) is 0 Å². The van der Waals surface area contributed by atoms with Gasteiger partial charge in [-0.2, -0.15) is 5.26 Å². The summed E-state index contributed by atoms with van der Waals surface area (Å²) in [6.07, 6.45) is 3.98. The van der Waals surface area contributed by atoms with Gasteiger partial charge in [0.05, 0.1) is 11.1 Å². The van der Waals surface area contributed by atoms with Gasteiger partial charge in [0, 0.05) is 9.92 Å². The second kappa shape index (κ2) is 9.58. The Morgan fingerprint density at radius 2 is 2.10 bits per heavy atom. The van der Waals surface area contributed by atoms with E-state index in [1.54, 1.807) is 17.8 Å². The Hall–Kier alpha value is -0.400. The van der Waals surface area contributed by atoms with Gasteiger partial charge in [0.1, 0.15) is 5.54 Å². The van der Waals surface area contributed by atoms with E-state index in [0.29, 0.717) is 5.02 Å². The molecule has 0 aromatic heterocycles. The fourth-order valence-electron chi connectivity index (χ4n) is 1.94. The van der Waals surface area contributed by atoms with Gasteiger partial charge in [-0.15, -0.1) is 11.8 Å². The molecule has 1 N–H and O–H groups in total. The average Bonchev–Trinajstić information content (AvgIpc) is 2.48. The van der Waals surface area contributed by atoms with Crippen LogP contribution in [-0.2, 0) is 0 Å². The minimum atomic E-state index is -0.408. The SMILES string of the molecule is CCCNC(C)(C#N)CCCCSc1cc(Cl)ccc1Cl. The van der Waals surface area contributed by atoms with Crippen molar-refractivity contribution in [1.29, 1.82) is 5.26 Å². The molecule has 0 aliphatic heterocycles. The van der Waals surface area contributed by atoms with Gasteiger partial charge in [0.15, 0.2) is 0 Å². The molecule has 116 valence electrons. The molecule has 1 aromatic rings. The topological polar surface area (TPSA) is 35.8 Å². The van der Waals surface area contributed by atoms with Gasteiger partial charge in [0.25, 0.3) is 0 Å². The summed E-state index contributed by atoms with van der Waals surface area (Å²) in [5.74, 6) is 0.981. The first-order valence-corrected chi connectivity index (χ1v) is 8.99. The summed E-state index contributed by atoms with van der Waals surface area (Å²) in [5, 5.41) is 14.0. The molecule has 0 saturated heterocycles. The maximum Gasteiger partial charge on any atom is 0.103 e. The Morgan fingerprint density at radius 1 is 1.33 bits per heavy atom. The summed E-state index contributed by atoms with van der Waals surface area (Å²) in [6, 6.07) is 7.91. The van der Waals surface area contributed by atoms with Gasteiger partial charge in [-0.3, -0.25) is 5.32 Å². The van der Waals surface area contributed by atoms with Crippen LogP contribution in [0.5, 0.6) is 0 Å². The molecule has 2 nitrogen and oxygen atoms in total. The minimum absolute atomic E-state index is 0.408. The zero-order valence-electron chi connectivity index (χ0n) is 12.6. The van der Waals surface area contributed by atoms with Gasteiger partial charge in [-0.25, -0.2) is 0 Å². The Morgan fingerprint density at radius 3 is 2.76 bits per heavy atom. The van der Waals surface area contributed by atoms with Crippen LogP contribution in [0.25, 0.3) is 0 Å². The molecule has 0 heterocycles. The highest BCUT2D eigenvalue weighted by Crippen LogP contribution is 2.30. The van der Waals surface area contributed by atoms with Crippen LogP contribution < -0.4 is 5.32 Å². The third-order valence-corrected chi connectivity index (χ3v) is 5.05. The monoisotopic (exact) mass is 344 g/mol. The van der Waals surface area contributed by atoms with Crippen molar-refractivity contribution >= 4 is 35.0 Å². The van der Waals surface area contributed by atoms with Crippen molar-refractivity contribution in [3.8, 4) is 6.07 Å². The standard InChI is InChI=1S/C16H22Cl2N2S/c1-3-9-20-16(2,12-19)8-4-5-10-21-15-11-13(17)6-7-14(15)18/h6-7,11,20H,3-5,8-10H2,1-2H3. The van der Waals surface area contributed by atoms with Crippen molar-refractivity contribution in [2.24, 2.45) is 0 Å². The molecule has 5 heteroatoms. The number of nitrogens with one attached hydrogen (secondary N) is 1. The summed E-state index contributed by atoms with van der Waals surface area (Å²) < 4.78 is 0. The number of halogens is 2. The molecule has 0 aliphatic carbocycles. The molecule has 0 bridgehead atoms. The molecule has 1 unspecified atom stereocenters. The number of rotatable bonds is 9. The highest BCUT2D eigenvalue weighted by molar-refractivity contribution is 7.99. The van der Waals surface area contributed by atoms with E-state index in [1.807, 2.05) is 19.1 Å². The summed E-state index contributed by atoms with van der Waals surface area (Å²) in [4.78, 5) is 1.02. The maximum atomic E-state index is 9.26. The Kier molecular flexibility index (Phi) is 8.51. The van der Waals surface area contributed by atoms with Gasteiger partial charge >= 0.3 is 0 Å². The number of benzene rings is 1. The van der Waals surface area contributed by atoms with Crippen LogP contribution in [0.15, 0.2) is 23.1 Å². The molecule has 0 radical (unpaired) electrons. The van der Waals surface area contributed by atoms with Crippen molar-refractivity contribution in [1.82, 2.24) is 5.32 Å². The minimum Gasteiger partial charge on any atom is -0.300 e. The Labute approximate surface area is 142 Å². The fourth-order valence-corrected chi connectivity index (χ4v) is 3.44. The smallest absolute Gasteiger partial charge is 0.103 e. The van der Waals surface area contributed by atoms with E-state index in [-0.39, 0.29) is 0 Å². The third kappa shape index (κ3) is 6.93. The molecule has 0 amide bonds. The molecule has 0 saturated carbocycles. The van der Waals surface area contributed by atoms with Gasteiger partial charge < -0.3 is 0 Å². The zero-order chi connectivity index (χ0) is 15.7. The molecule has 1 aromatic carbocycles. The van der Waals surface area contributed by atoms with Crippen molar-refractivity contribution in [3.05, 3.63) is 28.2 Å². The Balaban J connectivity index is 2.31. The fraction of sp³-hybridized carbons (Fsp3) is 0.562. The largest absolute Gasteiger partial charge is 0.300 e. The first-order valence-electron chi connectivity index (χ1n) is 7.25. The lowest BCUT2D eigenvalue weighted by atomic mass is 9.96. The van der Waals surface area contributed by atoms with Crippen LogP contribution in [0.1, 0.15) is 39.5 Å². The van der Waals surface area contributed by atoms with Crippen LogP contribution in [0.4, 0.5) is 0 Å². The average molecular weight is 345 g/mol. The van der Waals surface area contributed by atoms with Gasteiger partial charge in [-0.1, -0.05) is 30.1 Å². The summed E-state index contributed by atoms with van der Waals surface area (Å²) in [7, 11) is 0. The highest BCUT2D eigenvalue weighted by Gasteiger charge is 2.21. The van der Waals surface area contributed by atoms with Crippen LogP contribution in [0.2, 0.25) is 10.0 Å². The lowest BCUT2D eigenvalue weighted by Gasteiger charge is -2.22. The molecule has 0 aliphatic rings. The quantitative estimate of drug-likeness (QED) is 0.472. The van der Waals surface area contributed by atoms with Crippen LogP contribution >= 0.6 is 35.0 Å². The second-order valence-electron chi connectivity index (χ2n) is 5.25. The lowest BCUT2D eigenvalue weighted by Crippen LogP contribution is -2.41. The summed E-state index contributed by atoms with van der Waals surface area (Å²) >= 11 is 13.8. The number of nitrogens with zero attached hydrogens (tertiary/aromatic N) is 1. The number of hydrogen-bond donors (Lipinski definition) is 1. The molecule has 0 spiro atoms. The van der Waals surface area contributed by atoms with E-state index in [4.69, 9.17) is 23.2 Å². The first kappa shape index (κ1) is 18.6. The highest BCUT2D eigenvalue weighted by atomic mass is 35.5. The predicted octanol–water partition coefficient (Wildman–Crippen LogP) is 5.54. The third-order valence-electron chi connectivity index (χ3n) is 3.23. The van der Waals surface area contributed by atoms with E-state index in [1.165, 1.54) is 0 Å². The van der Waals surface area contributed by atoms with E-state index in [2.05, 4.69) is 18.3 Å². The number of nitriles is 1. The summed E-state index contributed by atoms with van der Waals surface area (Å²) in [5.41, 5.74) is -0.408. The van der Waals surface area contributed by atoms with E-state index < -0.39 is 5.54 Å². The molecule has 0 fully saturated rings. The molecule has 21 heavy (non-hydrogen) atoms. The summed E-state index contributed by atoms with van der Waals surface area (Å²) in [6.45, 7) is 4.97. The normalized spacial score (nSPS) is 13.7. The van der Waals surface area contributed by atoms with Crippen molar-refractivity contribution in [3.63, 3.8) is 0 Å². The number of thioether (sulfide) groups is 1. The molecular formula is C16H22Cl2N2S. The van der Waals surface area contributed by atoms with E-state index in [0.717, 1.165) is 47.9 Å². The predicted molar refractivity (Wildman–Crippen MR) is 93.3 cm³/mol. The van der Waals surface area contributed by atoms with Crippen LogP contribution in [0, 0.1) is 11.3 Å². The van der Waals surface area contributed by atoms with E-state index in [9.17, 15) is 5.26 Å². The molecule has 1 rings (SSSR count). The zero-order valence-corrected chi connectivity index (χ0v) is 14.9. The first-order chi connectivity index (χ1) is 10.0. The maximum absolute atomic E-state index is 9.26.